The monoisotopic (exact) mass is 410 g/mol. The van der Waals surface area contributed by atoms with Gasteiger partial charge in [-0.05, 0) is 35.9 Å². The molecule has 1 aromatic heterocycles. The van der Waals surface area contributed by atoms with Gasteiger partial charge in [-0.3, -0.25) is 9.78 Å². The van der Waals surface area contributed by atoms with Crippen molar-refractivity contribution < 1.29 is 19.1 Å². The number of likely N-dealkylation sites (tertiary alicyclic amines) is 2. The Balaban J connectivity index is 1.22. The summed E-state index contributed by atoms with van der Waals surface area (Å²) in [5.41, 5.74) is 1.89. The second kappa shape index (κ2) is 9.13. The number of hydrogen-bond donors (Lipinski definition) is 1. The largest absolute Gasteiger partial charge is 0.489 e. The van der Waals surface area contributed by atoms with Gasteiger partial charge in [-0.2, -0.15) is 0 Å². The van der Waals surface area contributed by atoms with E-state index in [1.807, 2.05) is 42.6 Å². The van der Waals surface area contributed by atoms with Crippen molar-refractivity contribution in [3.8, 4) is 5.75 Å². The summed E-state index contributed by atoms with van der Waals surface area (Å²) in [6, 6.07) is 11.2. The van der Waals surface area contributed by atoms with Crippen molar-refractivity contribution in [2.24, 2.45) is 0 Å². The Morgan fingerprint density at radius 3 is 2.63 bits per heavy atom. The third-order valence-electron chi connectivity index (χ3n) is 5.50. The summed E-state index contributed by atoms with van der Waals surface area (Å²) < 4.78 is 10.9. The van der Waals surface area contributed by atoms with Crippen LogP contribution in [0.3, 0.4) is 0 Å². The lowest BCUT2D eigenvalue weighted by Crippen LogP contribution is -2.50. The van der Waals surface area contributed by atoms with Crippen LogP contribution in [0.15, 0.2) is 48.8 Å². The van der Waals surface area contributed by atoms with E-state index in [9.17, 15) is 9.59 Å². The topological polar surface area (TPSA) is 84.0 Å². The van der Waals surface area contributed by atoms with E-state index in [-0.39, 0.29) is 24.6 Å². The van der Waals surface area contributed by atoms with Crippen molar-refractivity contribution in [2.45, 2.75) is 18.4 Å². The molecule has 1 unspecified atom stereocenters. The number of ether oxygens (including phenoxy) is 2. The van der Waals surface area contributed by atoms with Gasteiger partial charge in [0.1, 0.15) is 18.5 Å². The Labute approximate surface area is 175 Å². The predicted octanol–water partition coefficient (Wildman–Crippen LogP) is 2.34. The highest BCUT2D eigenvalue weighted by molar-refractivity contribution is 5.90. The second-order valence-electron chi connectivity index (χ2n) is 7.64. The van der Waals surface area contributed by atoms with Gasteiger partial charge in [0.25, 0.3) is 0 Å². The number of urea groups is 1. The Morgan fingerprint density at radius 1 is 1.13 bits per heavy atom. The van der Waals surface area contributed by atoms with Crippen LogP contribution in [0.25, 0.3) is 0 Å². The van der Waals surface area contributed by atoms with Crippen molar-refractivity contribution >= 4 is 17.6 Å². The molecule has 8 nitrogen and oxygen atoms in total. The highest BCUT2D eigenvalue weighted by atomic mass is 16.5. The highest BCUT2D eigenvalue weighted by Crippen LogP contribution is 2.27. The van der Waals surface area contributed by atoms with E-state index in [4.69, 9.17) is 9.47 Å². The van der Waals surface area contributed by atoms with E-state index >= 15 is 0 Å². The molecule has 0 aliphatic carbocycles. The minimum absolute atomic E-state index is 0.0154. The molecule has 3 heterocycles. The number of pyridine rings is 1. The predicted molar refractivity (Wildman–Crippen MR) is 112 cm³/mol. The van der Waals surface area contributed by atoms with Gasteiger partial charge < -0.3 is 24.6 Å². The minimum Gasteiger partial charge on any atom is -0.489 e. The lowest BCUT2D eigenvalue weighted by Gasteiger charge is -2.39. The summed E-state index contributed by atoms with van der Waals surface area (Å²) in [6.07, 6.45) is 4.37. The number of nitrogens with zero attached hydrogens (tertiary/aromatic N) is 3. The van der Waals surface area contributed by atoms with Gasteiger partial charge >= 0.3 is 6.03 Å². The number of anilines is 1. The Bertz CT molecular complexity index is 868. The molecule has 2 aliphatic heterocycles. The standard InChI is InChI=1S/C22H26N4O4/c1-29-15-21(27)25-10-8-20(14-25)30-19-6-4-18(5-7-19)24-22(28)26-12-17(13-26)16-3-2-9-23-11-16/h2-7,9,11,17,20H,8,10,12-15H2,1H3,(H,24,28). The normalized spacial score (nSPS) is 18.8. The van der Waals surface area contributed by atoms with E-state index in [2.05, 4.69) is 10.3 Å². The van der Waals surface area contributed by atoms with Crippen LogP contribution in [-0.2, 0) is 9.53 Å². The minimum atomic E-state index is -0.105. The van der Waals surface area contributed by atoms with E-state index in [0.29, 0.717) is 32.1 Å². The summed E-state index contributed by atoms with van der Waals surface area (Å²) in [6.45, 7) is 2.73. The van der Waals surface area contributed by atoms with Gasteiger partial charge in [-0.25, -0.2) is 4.79 Å². The number of aromatic nitrogens is 1. The van der Waals surface area contributed by atoms with Crippen LogP contribution < -0.4 is 10.1 Å². The first-order valence-electron chi connectivity index (χ1n) is 10.1. The van der Waals surface area contributed by atoms with Crippen molar-refractivity contribution in [3.63, 3.8) is 0 Å². The van der Waals surface area contributed by atoms with Crippen LogP contribution >= 0.6 is 0 Å². The van der Waals surface area contributed by atoms with E-state index < -0.39 is 0 Å². The fourth-order valence-corrected chi connectivity index (χ4v) is 3.75. The Hall–Kier alpha value is -3.13. The van der Waals surface area contributed by atoms with Crippen molar-refractivity contribution in [1.82, 2.24) is 14.8 Å². The maximum Gasteiger partial charge on any atom is 0.321 e. The molecule has 2 saturated heterocycles. The zero-order valence-electron chi connectivity index (χ0n) is 17.0. The smallest absolute Gasteiger partial charge is 0.321 e. The maximum absolute atomic E-state index is 12.4. The first kappa shape index (κ1) is 20.2. The van der Waals surface area contributed by atoms with E-state index in [1.165, 1.54) is 7.11 Å². The number of amides is 3. The van der Waals surface area contributed by atoms with Crippen LogP contribution in [0.2, 0.25) is 0 Å². The van der Waals surface area contributed by atoms with Crippen LogP contribution in [0.1, 0.15) is 17.9 Å². The number of rotatable bonds is 6. The number of carbonyl (C=O) groups excluding carboxylic acids is 2. The zero-order chi connectivity index (χ0) is 20.9. The molecule has 4 rings (SSSR count). The molecule has 1 atom stereocenters. The summed E-state index contributed by atoms with van der Waals surface area (Å²) >= 11 is 0. The van der Waals surface area contributed by atoms with Gasteiger partial charge in [0, 0.05) is 57.2 Å². The molecular formula is C22H26N4O4. The van der Waals surface area contributed by atoms with Crippen LogP contribution in [-0.4, -0.2) is 72.7 Å². The molecule has 0 spiro atoms. The van der Waals surface area contributed by atoms with Gasteiger partial charge in [0.05, 0.1) is 6.54 Å². The summed E-state index contributed by atoms with van der Waals surface area (Å²) in [5.74, 6) is 1.06. The summed E-state index contributed by atoms with van der Waals surface area (Å²) in [5, 5.41) is 2.92. The molecule has 3 amide bonds. The lowest BCUT2D eigenvalue weighted by atomic mass is 9.93. The number of benzene rings is 1. The van der Waals surface area contributed by atoms with Gasteiger partial charge in [-0.15, -0.1) is 0 Å². The molecule has 2 aromatic rings. The summed E-state index contributed by atoms with van der Waals surface area (Å²) in [4.78, 5) is 32.0. The average Bonchev–Trinajstić information content (AvgIpc) is 3.18. The Kier molecular flexibility index (Phi) is 6.13. The molecule has 0 bridgehead atoms. The molecule has 1 aromatic carbocycles. The van der Waals surface area contributed by atoms with E-state index in [1.54, 1.807) is 16.0 Å². The summed E-state index contributed by atoms with van der Waals surface area (Å²) in [7, 11) is 1.52. The number of carbonyl (C=O) groups is 2. The third-order valence-corrected chi connectivity index (χ3v) is 5.50. The average molecular weight is 410 g/mol. The molecular weight excluding hydrogens is 384 g/mol. The van der Waals surface area contributed by atoms with Crippen LogP contribution in [0.4, 0.5) is 10.5 Å². The molecule has 30 heavy (non-hydrogen) atoms. The number of methoxy groups -OCH3 is 1. The first-order chi connectivity index (χ1) is 14.6. The second-order valence-corrected chi connectivity index (χ2v) is 7.64. The molecule has 0 radical (unpaired) electrons. The fourth-order valence-electron chi connectivity index (χ4n) is 3.75. The SMILES string of the molecule is COCC(=O)N1CCC(Oc2ccc(NC(=O)N3CC(c4cccnc4)C3)cc2)C1. The van der Waals surface area contributed by atoms with Crippen molar-refractivity contribution in [2.75, 3.05) is 45.2 Å². The van der Waals surface area contributed by atoms with Crippen molar-refractivity contribution in [3.05, 3.63) is 54.4 Å². The van der Waals surface area contributed by atoms with Gasteiger partial charge in [0.2, 0.25) is 5.91 Å². The molecule has 8 heteroatoms. The molecule has 1 N–H and O–H groups in total. The van der Waals surface area contributed by atoms with Gasteiger partial charge in [-0.1, -0.05) is 6.07 Å². The lowest BCUT2D eigenvalue weighted by molar-refractivity contribution is -0.134. The highest BCUT2D eigenvalue weighted by Gasteiger charge is 2.32. The number of hydrogen-bond acceptors (Lipinski definition) is 5. The van der Waals surface area contributed by atoms with Crippen LogP contribution in [0, 0.1) is 0 Å². The third kappa shape index (κ3) is 4.71. The maximum atomic E-state index is 12.4. The fraction of sp³-hybridized carbons (Fsp3) is 0.409. The molecule has 2 aliphatic rings. The molecule has 2 fully saturated rings. The van der Waals surface area contributed by atoms with E-state index in [0.717, 1.165) is 23.4 Å². The quantitative estimate of drug-likeness (QED) is 0.790. The number of nitrogens with one attached hydrogen (secondary N) is 1. The zero-order valence-corrected chi connectivity index (χ0v) is 17.0. The van der Waals surface area contributed by atoms with Crippen LogP contribution in [0.5, 0.6) is 5.75 Å². The van der Waals surface area contributed by atoms with Crippen molar-refractivity contribution in [1.29, 1.82) is 0 Å². The molecule has 0 saturated carbocycles. The first-order valence-corrected chi connectivity index (χ1v) is 10.1. The molecule has 158 valence electrons. The van der Waals surface area contributed by atoms with Gasteiger partial charge in [0.15, 0.2) is 0 Å². The Morgan fingerprint density at radius 2 is 1.93 bits per heavy atom.